The molecule has 1 N–H and O–H groups in total. The van der Waals surface area contributed by atoms with E-state index in [0.717, 1.165) is 16.0 Å². The van der Waals surface area contributed by atoms with Crippen molar-refractivity contribution in [1.29, 1.82) is 0 Å². The lowest BCUT2D eigenvalue weighted by Gasteiger charge is -2.26. The fourth-order valence-corrected chi connectivity index (χ4v) is 2.62. The van der Waals surface area contributed by atoms with Crippen LogP contribution in [0.15, 0.2) is 58.7 Å². The number of allylic oxidation sites excluding steroid dienone is 2. The van der Waals surface area contributed by atoms with Gasteiger partial charge in [0.15, 0.2) is 0 Å². The largest absolute Gasteiger partial charge is 0.465 e. The maximum Gasteiger partial charge on any atom is 0.335 e. The SMILES string of the molecule is Cc1cc(C)cc(N2C(=O)NC(=O)/C(=C\C=C\c3ccco3)C2=O)c1. The molecule has 3 rings (SSSR count). The summed E-state index contributed by atoms with van der Waals surface area (Å²) in [5.41, 5.74) is 2.13. The van der Waals surface area contributed by atoms with Crippen molar-refractivity contribution in [2.75, 3.05) is 4.90 Å². The van der Waals surface area contributed by atoms with E-state index in [2.05, 4.69) is 5.32 Å². The minimum Gasteiger partial charge on any atom is -0.465 e. The summed E-state index contributed by atoms with van der Waals surface area (Å²) in [6, 6.07) is 8.08. The van der Waals surface area contributed by atoms with Crippen LogP contribution in [0.25, 0.3) is 6.08 Å². The number of hydrogen-bond donors (Lipinski definition) is 1. The number of carbonyl (C=O) groups excluding carboxylic acids is 3. The van der Waals surface area contributed by atoms with Crippen molar-refractivity contribution in [3.05, 3.63) is 71.2 Å². The summed E-state index contributed by atoms with van der Waals surface area (Å²) >= 11 is 0. The molecule has 2 aromatic rings. The smallest absolute Gasteiger partial charge is 0.335 e. The third-order valence-electron chi connectivity index (χ3n) is 3.63. The van der Waals surface area contributed by atoms with Gasteiger partial charge in [0.05, 0.1) is 12.0 Å². The van der Waals surface area contributed by atoms with Crippen LogP contribution in [0.3, 0.4) is 0 Å². The number of benzene rings is 1. The molecule has 25 heavy (non-hydrogen) atoms. The Hall–Kier alpha value is -3.41. The van der Waals surface area contributed by atoms with Crippen molar-refractivity contribution in [2.45, 2.75) is 13.8 Å². The van der Waals surface area contributed by atoms with Gasteiger partial charge in [0, 0.05) is 0 Å². The van der Waals surface area contributed by atoms with E-state index in [1.54, 1.807) is 30.3 Å². The predicted octanol–water partition coefficient (Wildman–Crippen LogP) is 3.12. The van der Waals surface area contributed by atoms with Crippen molar-refractivity contribution in [2.24, 2.45) is 0 Å². The Labute approximate surface area is 144 Å². The summed E-state index contributed by atoms with van der Waals surface area (Å²) in [6.45, 7) is 3.74. The minimum absolute atomic E-state index is 0.124. The molecule has 1 fully saturated rings. The molecule has 6 heteroatoms. The first-order valence-electron chi connectivity index (χ1n) is 7.65. The Kier molecular flexibility index (Phi) is 4.35. The monoisotopic (exact) mass is 336 g/mol. The lowest BCUT2D eigenvalue weighted by molar-refractivity contribution is -0.122. The number of nitrogens with zero attached hydrogens (tertiary/aromatic N) is 1. The van der Waals surface area contributed by atoms with Crippen molar-refractivity contribution in [3.8, 4) is 0 Å². The minimum atomic E-state index is -0.757. The zero-order valence-electron chi connectivity index (χ0n) is 13.8. The fourth-order valence-electron chi connectivity index (χ4n) is 2.62. The number of amides is 4. The molecule has 6 nitrogen and oxygen atoms in total. The summed E-state index contributed by atoms with van der Waals surface area (Å²) in [7, 11) is 0. The normalized spacial score (nSPS) is 16.8. The molecule has 2 heterocycles. The molecule has 0 spiro atoms. The van der Waals surface area contributed by atoms with Gasteiger partial charge in [-0.3, -0.25) is 14.9 Å². The van der Waals surface area contributed by atoms with Crippen LogP contribution in [0.4, 0.5) is 10.5 Å². The lowest BCUT2D eigenvalue weighted by atomic mass is 10.1. The Morgan fingerprint density at radius 1 is 1.08 bits per heavy atom. The molecule has 0 bridgehead atoms. The van der Waals surface area contributed by atoms with Gasteiger partial charge in [-0.2, -0.15) is 0 Å². The number of aryl methyl sites for hydroxylation is 2. The second-order valence-corrected chi connectivity index (χ2v) is 5.70. The predicted molar refractivity (Wildman–Crippen MR) is 92.8 cm³/mol. The van der Waals surface area contributed by atoms with Crippen molar-refractivity contribution < 1.29 is 18.8 Å². The standard InChI is InChI=1S/C19H16N2O4/c1-12-9-13(2)11-14(10-12)21-18(23)16(17(22)20-19(21)24)7-3-5-15-6-4-8-25-15/h3-11H,1-2H3,(H,20,22,24)/b5-3+,16-7+. The molecule has 1 saturated heterocycles. The molecule has 1 aliphatic heterocycles. The number of carbonyl (C=O) groups is 3. The van der Waals surface area contributed by atoms with E-state index >= 15 is 0 Å². The number of rotatable bonds is 3. The maximum atomic E-state index is 12.7. The molecule has 0 aliphatic carbocycles. The van der Waals surface area contributed by atoms with Crippen LogP contribution in [0.5, 0.6) is 0 Å². The number of imide groups is 2. The Morgan fingerprint density at radius 2 is 1.80 bits per heavy atom. The summed E-state index contributed by atoms with van der Waals surface area (Å²) in [4.78, 5) is 37.8. The average Bonchev–Trinajstić information content (AvgIpc) is 3.02. The van der Waals surface area contributed by atoms with Gasteiger partial charge in [-0.1, -0.05) is 12.1 Å². The molecule has 0 atom stereocenters. The number of nitrogens with one attached hydrogen (secondary N) is 1. The average molecular weight is 336 g/mol. The third kappa shape index (κ3) is 3.42. The topological polar surface area (TPSA) is 79.6 Å². The summed E-state index contributed by atoms with van der Waals surface area (Å²) in [5, 5.41) is 2.19. The van der Waals surface area contributed by atoms with E-state index in [9.17, 15) is 14.4 Å². The Balaban J connectivity index is 1.94. The summed E-state index contributed by atoms with van der Waals surface area (Å²) < 4.78 is 5.14. The fraction of sp³-hybridized carbons (Fsp3) is 0.105. The molecule has 1 aromatic carbocycles. The van der Waals surface area contributed by atoms with Gasteiger partial charge in [-0.05, 0) is 61.4 Å². The van der Waals surface area contributed by atoms with Crippen LogP contribution in [-0.2, 0) is 9.59 Å². The van der Waals surface area contributed by atoms with Crippen LogP contribution in [-0.4, -0.2) is 17.8 Å². The van der Waals surface area contributed by atoms with Gasteiger partial charge < -0.3 is 4.42 Å². The molecular formula is C19H16N2O4. The lowest BCUT2D eigenvalue weighted by Crippen LogP contribution is -2.54. The van der Waals surface area contributed by atoms with Crippen molar-refractivity contribution in [1.82, 2.24) is 5.32 Å². The van der Waals surface area contributed by atoms with E-state index in [4.69, 9.17) is 4.42 Å². The van der Waals surface area contributed by atoms with Gasteiger partial charge in [-0.25, -0.2) is 9.69 Å². The molecule has 0 unspecified atom stereocenters. The van der Waals surface area contributed by atoms with Gasteiger partial charge in [0.25, 0.3) is 11.8 Å². The zero-order valence-corrected chi connectivity index (χ0v) is 13.8. The number of urea groups is 1. The molecule has 1 aromatic heterocycles. The highest BCUT2D eigenvalue weighted by atomic mass is 16.3. The van der Waals surface area contributed by atoms with Crippen molar-refractivity contribution in [3.63, 3.8) is 0 Å². The molecule has 126 valence electrons. The third-order valence-corrected chi connectivity index (χ3v) is 3.63. The first kappa shape index (κ1) is 16.4. The van der Waals surface area contributed by atoms with Crippen LogP contribution in [0.2, 0.25) is 0 Å². The Morgan fingerprint density at radius 3 is 2.44 bits per heavy atom. The molecule has 0 saturated carbocycles. The van der Waals surface area contributed by atoms with Crippen LogP contribution >= 0.6 is 0 Å². The van der Waals surface area contributed by atoms with E-state index in [-0.39, 0.29) is 5.57 Å². The van der Waals surface area contributed by atoms with Crippen LogP contribution in [0.1, 0.15) is 16.9 Å². The number of barbiturate groups is 1. The summed E-state index contributed by atoms with van der Waals surface area (Å²) in [6.07, 6.45) is 6.03. The van der Waals surface area contributed by atoms with Gasteiger partial charge >= 0.3 is 6.03 Å². The van der Waals surface area contributed by atoms with Gasteiger partial charge in [0.1, 0.15) is 11.3 Å². The highest BCUT2D eigenvalue weighted by molar-refractivity contribution is 6.37. The van der Waals surface area contributed by atoms with Crippen LogP contribution < -0.4 is 10.2 Å². The molecule has 4 amide bonds. The van der Waals surface area contributed by atoms with E-state index in [1.165, 1.54) is 18.4 Å². The van der Waals surface area contributed by atoms with Crippen LogP contribution in [0, 0.1) is 13.8 Å². The maximum absolute atomic E-state index is 12.7. The molecule has 1 aliphatic rings. The highest BCUT2D eigenvalue weighted by Crippen LogP contribution is 2.23. The van der Waals surface area contributed by atoms with E-state index in [1.807, 2.05) is 19.9 Å². The van der Waals surface area contributed by atoms with E-state index < -0.39 is 17.8 Å². The number of anilines is 1. The van der Waals surface area contributed by atoms with Gasteiger partial charge in [0.2, 0.25) is 0 Å². The summed E-state index contributed by atoms with van der Waals surface area (Å²) in [5.74, 6) is -0.801. The molecule has 0 radical (unpaired) electrons. The highest BCUT2D eigenvalue weighted by Gasteiger charge is 2.36. The first-order chi connectivity index (χ1) is 12.0. The Bertz CT molecular complexity index is 887. The van der Waals surface area contributed by atoms with E-state index in [0.29, 0.717) is 11.4 Å². The molecular weight excluding hydrogens is 320 g/mol. The second-order valence-electron chi connectivity index (χ2n) is 5.70. The first-order valence-corrected chi connectivity index (χ1v) is 7.65. The van der Waals surface area contributed by atoms with Gasteiger partial charge in [-0.15, -0.1) is 0 Å². The quantitative estimate of drug-likeness (QED) is 0.690. The number of furan rings is 1. The second kappa shape index (κ2) is 6.60. The van der Waals surface area contributed by atoms with Crippen molar-refractivity contribution >= 4 is 29.6 Å². The zero-order chi connectivity index (χ0) is 18.0. The number of hydrogen-bond acceptors (Lipinski definition) is 4.